The highest BCUT2D eigenvalue weighted by Crippen LogP contribution is 2.25. The highest BCUT2D eigenvalue weighted by Gasteiger charge is 2.22. The highest BCUT2D eigenvalue weighted by molar-refractivity contribution is 5.88. The number of carbonyl (C=O) groups is 1. The smallest absolute Gasteiger partial charge is 0.244 e. The molecule has 1 atom stereocenters. The zero-order valence-electron chi connectivity index (χ0n) is 11.7. The monoisotopic (exact) mass is 261 g/mol. The predicted octanol–water partition coefficient (Wildman–Crippen LogP) is 2.44. The maximum Gasteiger partial charge on any atom is 0.244 e. The maximum atomic E-state index is 12.0. The first-order valence-corrected chi connectivity index (χ1v) is 7.04. The first-order valence-electron chi connectivity index (χ1n) is 7.04. The van der Waals surface area contributed by atoms with E-state index in [0.29, 0.717) is 12.5 Å². The lowest BCUT2D eigenvalue weighted by Crippen LogP contribution is -2.46. The van der Waals surface area contributed by atoms with Crippen LogP contribution >= 0.6 is 0 Å². The van der Waals surface area contributed by atoms with Crippen LogP contribution in [0.25, 0.3) is 0 Å². The van der Waals surface area contributed by atoms with E-state index in [-0.39, 0.29) is 11.9 Å². The zero-order chi connectivity index (χ0) is 13.7. The maximum absolute atomic E-state index is 12.0. The van der Waals surface area contributed by atoms with Crippen molar-refractivity contribution >= 4 is 17.3 Å². The van der Waals surface area contributed by atoms with Gasteiger partial charge in [-0.2, -0.15) is 0 Å². The van der Waals surface area contributed by atoms with E-state index in [1.807, 2.05) is 24.3 Å². The van der Waals surface area contributed by atoms with Crippen LogP contribution in [0.4, 0.5) is 11.4 Å². The number of amides is 1. The van der Waals surface area contributed by atoms with Crippen molar-refractivity contribution in [1.82, 2.24) is 5.32 Å². The van der Waals surface area contributed by atoms with Crippen LogP contribution < -0.4 is 16.0 Å². The van der Waals surface area contributed by atoms with Crippen LogP contribution in [-0.2, 0) is 4.79 Å². The Hall–Kier alpha value is -1.71. The van der Waals surface area contributed by atoms with Gasteiger partial charge in [-0.15, -0.1) is 0 Å². The van der Waals surface area contributed by atoms with Crippen molar-refractivity contribution in [3.63, 3.8) is 0 Å². The molecule has 1 heterocycles. The zero-order valence-corrected chi connectivity index (χ0v) is 11.7. The van der Waals surface area contributed by atoms with Gasteiger partial charge < -0.3 is 16.0 Å². The van der Waals surface area contributed by atoms with Crippen molar-refractivity contribution in [2.75, 3.05) is 23.7 Å². The van der Waals surface area contributed by atoms with Gasteiger partial charge in [0.05, 0.1) is 11.4 Å². The number of carbonyl (C=O) groups excluding carboxylic acids is 1. The van der Waals surface area contributed by atoms with E-state index in [0.717, 1.165) is 30.8 Å². The second-order valence-corrected chi connectivity index (χ2v) is 5.45. The Morgan fingerprint density at radius 3 is 2.84 bits per heavy atom. The number of hydrogen-bond acceptors (Lipinski definition) is 3. The van der Waals surface area contributed by atoms with Gasteiger partial charge in [0.2, 0.25) is 5.91 Å². The van der Waals surface area contributed by atoms with E-state index in [2.05, 4.69) is 29.8 Å². The second kappa shape index (κ2) is 6.45. The van der Waals surface area contributed by atoms with Gasteiger partial charge in [0, 0.05) is 13.1 Å². The summed E-state index contributed by atoms with van der Waals surface area (Å²) in [6.45, 7) is 5.79. The van der Waals surface area contributed by atoms with E-state index >= 15 is 0 Å². The fourth-order valence-corrected chi connectivity index (χ4v) is 2.22. The van der Waals surface area contributed by atoms with Gasteiger partial charge in [-0.25, -0.2) is 0 Å². The van der Waals surface area contributed by atoms with Gasteiger partial charge >= 0.3 is 0 Å². The van der Waals surface area contributed by atoms with Gasteiger partial charge in [-0.05, 0) is 30.9 Å². The summed E-state index contributed by atoms with van der Waals surface area (Å²) in [6.07, 6.45) is 2.19. The molecule has 4 heteroatoms. The Kier molecular flexibility index (Phi) is 4.66. The Labute approximate surface area is 115 Å². The third-order valence-corrected chi connectivity index (χ3v) is 3.33. The molecule has 19 heavy (non-hydrogen) atoms. The summed E-state index contributed by atoms with van der Waals surface area (Å²) in [5.41, 5.74) is 2.06. The second-order valence-electron chi connectivity index (χ2n) is 5.45. The van der Waals surface area contributed by atoms with Crippen LogP contribution in [0.15, 0.2) is 24.3 Å². The van der Waals surface area contributed by atoms with Crippen LogP contribution in [0.5, 0.6) is 0 Å². The molecule has 1 aromatic rings. The molecule has 0 saturated heterocycles. The molecule has 4 nitrogen and oxygen atoms in total. The summed E-state index contributed by atoms with van der Waals surface area (Å²) in [4.78, 5) is 12.0. The van der Waals surface area contributed by atoms with Crippen LogP contribution in [0.3, 0.4) is 0 Å². The van der Waals surface area contributed by atoms with Crippen LogP contribution in [-0.4, -0.2) is 25.0 Å². The Morgan fingerprint density at radius 2 is 2.11 bits per heavy atom. The molecule has 0 aromatic heterocycles. The number of benzene rings is 1. The molecular weight excluding hydrogens is 238 g/mol. The van der Waals surface area contributed by atoms with Crippen LogP contribution in [0.2, 0.25) is 0 Å². The predicted molar refractivity (Wildman–Crippen MR) is 79.4 cm³/mol. The lowest BCUT2D eigenvalue weighted by molar-refractivity contribution is -0.121. The van der Waals surface area contributed by atoms with Crippen LogP contribution in [0, 0.1) is 5.92 Å². The number of anilines is 2. The molecule has 1 aromatic carbocycles. The van der Waals surface area contributed by atoms with Gasteiger partial charge in [-0.1, -0.05) is 26.0 Å². The summed E-state index contributed by atoms with van der Waals surface area (Å²) in [7, 11) is 0. The van der Waals surface area contributed by atoms with E-state index in [1.165, 1.54) is 0 Å². The molecular formula is C15H23N3O. The SMILES string of the molecule is CC(C)CCCNC(=O)C1CNc2ccccc2N1. The van der Waals surface area contributed by atoms with Crippen molar-refractivity contribution in [2.45, 2.75) is 32.7 Å². The number of hydrogen-bond donors (Lipinski definition) is 3. The molecule has 0 radical (unpaired) electrons. The van der Waals surface area contributed by atoms with Crippen molar-refractivity contribution < 1.29 is 4.79 Å². The molecule has 1 amide bonds. The standard InChI is InChI=1S/C15H23N3O/c1-11(2)6-5-9-16-15(19)14-10-17-12-7-3-4-8-13(12)18-14/h3-4,7-8,11,14,17-18H,5-6,9-10H2,1-2H3,(H,16,19). The Morgan fingerprint density at radius 1 is 1.37 bits per heavy atom. The minimum Gasteiger partial charge on any atom is -0.381 e. The summed E-state index contributed by atoms with van der Waals surface area (Å²) < 4.78 is 0. The Balaban J connectivity index is 1.79. The van der Waals surface area contributed by atoms with E-state index in [1.54, 1.807) is 0 Å². The van der Waals surface area contributed by atoms with Gasteiger partial charge in [0.25, 0.3) is 0 Å². The molecule has 3 N–H and O–H groups in total. The minimum absolute atomic E-state index is 0.0748. The number of nitrogens with one attached hydrogen (secondary N) is 3. The summed E-state index contributed by atoms with van der Waals surface area (Å²) in [6, 6.07) is 7.77. The van der Waals surface area contributed by atoms with Crippen molar-refractivity contribution in [2.24, 2.45) is 5.92 Å². The van der Waals surface area contributed by atoms with Crippen LogP contribution in [0.1, 0.15) is 26.7 Å². The molecule has 0 bridgehead atoms. The quantitative estimate of drug-likeness (QED) is 0.714. The molecule has 1 aliphatic heterocycles. The van der Waals surface area contributed by atoms with Crippen molar-refractivity contribution in [3.8, 4) is 0 Å². The molecule has 0 aliphatic carbocycles. The normalized spacial score (nSPS) is 17.3. The topological polar surface area (TPSA) is 53.2 Å². The fourth-order valence-electron chi connectivity index (χ4n) is 2.22. The van der Waals surface area contributed by atoms with E-state index < -0.39 is 0 Å². The van der Waals surface area contributed by atoms with Crippen molar-refractivity contribution in [1.29, 1.82) is 0 Å². The number of para-hydroxylation sites is 2. The molecule has 0 fully saturated rings. The molecule has 104 valence electrons. The average Bonchev–Trinajstić information content (AvgIpc) is 2.42. The third-order valence-electron chi connectivity index (χ3n) is 3.33. The number of rotatable bonds is 5. The summed E-state index contributed by atoms with van der Waals surface area (Å²) in [5.74, 6) is 0.768. The first-order chi connectivity index (χ1) is 9.16. The molecule has 0 saturated carbocycles. The van der Waals surface area contributed by atoms with Crippen molar-refractivity contribution in [3.05, 3.63) is 24.3 Å². The largest absolute Gasteiger partial charge is 0.381 e. The minimum atomic E-state index is -0.186. The van der Waals surface area contributed by atoms with Gasteiger partial charge in [-0.3, -0.25) is 4.79 Å². The third kappa shape index (κ3) is 3.88. The lowest BCUT2D eigenvalue weighted by Gasteiger charge is -2.27. The summed E-state index contributed by atoms with van der Waals surface area (Å²) >= 11 is 0. The van der Waals surface area contributed by atoms with E-state index in [4.69, 9.17) is 0 Å². The fraction of sp³-hybridized carbons (Fsp3) is 0.533. The molecule has 1 aliphatic rings. The molecule has 1 unspecified atom stereocenters. The van der Waals surface area contributed by atoms with Gasteiger partial charge in [0.1, 0.15) is 6.04 Å². The number of fused-ring (bicyclic) bond motifs is 1. The average molecular weight is 261 g/mol. The summed E-state index contributed by atoms with van der Waals surface area (Å²) in [5, 5.41) is 9.55. The van der Waals surface area contributed by atoms with E-state index in [9.17, 15) is 4.79 Å². The van der Waals surface area contributed by atoms with Gasteiger partial charge in [0.15, 0.2) is 0 Å². The lowest BCUT2D eigenvalue weighted by atomic mass is 10.1. The Bertz CT molecular complexity index is 431. The molecule has 2 rings (SSSR count). The highest BCUT2D eigenvalue weighted by atomic mass is 16.2. The molecule has 0 spiro atoms. The first kappa shape index (κ1) is 13.7.